The number of carbonyl (C=O) groups is 11. The van der Waals surface area contributed by atoms with Gasteiger partial charge in [-0.1, -0.05) is 12.1 Å². The van der Waals surface area contributed by atoms with Crippen LogP contribution in [0.2, 0.25) is 0 Å². The van der Waals surface area contributed by atoms with Crippen LogP contribution in [0.1, 0.15) is 31.2 Å². The molecular formula is C32H45N11O14. The molecule has 0 aliphatic carbocycles. The number of hydrogen-bond donors (Lipinski definition) is 14. The molecule has 0 bridgehead atoms. The maximum atomic E-state index is 13.6. The predicted octanol–water partition coefficient (Wildman–Crippen LogP) is -8.91. The van der Waals surface area contributed by atoms with Gasteiger partial charge in [0, 0.05) is 19.4 Å². The molecule has 0 unspecified atom stereocenters. The summed E-state index contributed by atoms with van der Waals surface area (Å²) in [5.74, 6) is -12.4. The van der Waals surface area contributed by atoms with E-state index in [-0.39, 0.29) is 12.2 Å². The Balaban J connectivity index is 2.51. The molecule has 0 aromatic heterocycles. The fraction of sp³-hybridized carbons (Fsp3) is 0.469. The van der Waals surface area contributed by atoms with E-state index < -0.39 is 153 Å². The quantitative estimate of drug-likeness (QED) is 0.104. The van der Waals surface area contributed by atoms with Gasteiger partial charge in [0.05, 0.1) is 39.0 Å². The third-order valence-corrected chi connectivity index (χ3v) is 7.87. The molecule has 1 saturated heterocycles. The van der Waals surface area contributed by atoms with Crippen LogP contribution in [0.5, 0.6) is 5.75 Å². The molecule has 0 radical (unpaired) electrons. The molecule has 1 aromatic carbocycles. The third kappa shape index (κ3) is 16.2. The summed E-state index contributed by atoms with van der Waals surface area (Å²) in [5.41, 5.74) is 16.0. The van der Waals surface area contributed by atoms with Crippen molar-refractivity contribution in [1.82, 2.24) is 42.5 Å². The Kier molecular flexibility index (Phi) is 18.2. The number of amides is 11. The molecule has 25 nitrogen and oxygen atoms in total. The number of nitrogens with one attached hydrogen (secondary N) is 8. The number of aliphatic hydroxyl groups is 2. The molecule has 25 heteroatoms. The van der Waals surface area contributed by atoms with Crippen molar-refractivity contribution in [3.8, 4) is 5.75 Å². The fourth-order valence-corrected chi connectivity index (χ4v) is 5.01. The van der Waals surface area contributed by atoms with Gasteiger partial charge in [-0.2, -0.15) is 0 Å². The summed E-state index contributed by atoms with van der Waals surface area (Å²) in [6, 6.07) is -5.10. The van der Waals surface area contributed by atoms with Crippen molar-refractivity contribution < 1.29 is 68.1 Å². The van der Waals surface area contributed by atoms with E-state index in [1.54, 1.807) is 0 Å². The van der Waals surface area contributed by atoms with Crippen LogP contribution in [0.25, 0.3) is 0 Å². The Bertz CT molecular complexity index is 1710. The Hall–Kier alpha value is -6.89. The molecule has 1 aromatic rings. The van der Waals surface area contributed by atoms with Crippen LogP contribution < -0.4 is 59.7 Å². The molecule has 2 rings (SSSR count). The van der Waals surface area contributed by atoms with Crippen molar-refractivity contribution in [3.05, 3.63) is 29.8 Å². The summed E-state index contributed by atoms with van der Waals surface area (Å²) in [4.78, 5) is 140. The maximum absolute atomic E-state index is 13.6. The minimum Gasteiger partial charge on any atom is -0.508 e. The number of rotatable bonds is 10. The van der Waals surface area contributed by atoms with Gasteiger partial charge in [-0.15, -0.1) is 0 Å². The van der Waals surface area contributed by atoms with E-state index in [0.717, 1.165) is 0 Å². The van der Waals surface area contributed by atoms with E-state index >= 15 is 0 Å². The van der Waals surface area contributed by atoms with Crippen LogP contribution in [0, 0.1) is 0 Å². The fourth-order valence-electron chi connectivity index (χ4n) is 5.01. The van der Waals surface area contributed by atoms with Gasteiger partial charge in [0.1, 0.15) is 42.0 Å². The Morgan fingerprint density at radius 3 is 1.40 bits per heavy atom. The van der Waals surface area contributed by atoms with Gasteiger partial charge in [-0.3, -0.25) is 52.7 Å². The highest BCUT2D eigenvalue weighted by Gasteiger charge is 2.33. The largest absolute Gasteiger partial charge is 0.508 e. The van der Waals surface area contributed by atoms with Crippen molar-refractivity contribution in [2.75, 3.05) is 26.3 Å². The lowest BCUT2D eigenvalue weighted by Gasteiger charge is -2.25. The van der Waals surface area contributed by atoms with Crippen LogP contribution in [-0.4, -0.2) is 143 Å². The standard InChI is InChI=1S/C32H45N11O14/c33-22(47)8-17-27(52)36-6-5-25(50)39-20(12-44)31(56)40-16(7-14-1-3-15(46)4-2-14)29(54)41-18(9-23(34)48)28(53)37-11-26(51)38-19(10-24(35)49)30(55)43-21(13-45)32(57)42-17/h1-4,16-21,44-46H,5-13H2,(H2,33,47)(H2,34,48)(H2,35,49)(H,36,52)(H,37,53)(H,38,51)(H,39,50)(H,40,56)(H,41,54)(H,42,57)(H,43,55)/t16-,17-,18-,19-,20-,21-/m0/s1. The molecular weight excluding hydrogens is 762 g/mol. The van der Waals surface area contributed by atoms with Gasteiger partial charge in [-0.25, -0.2) is 0 Å². The SMILES string of the molecule is NC(=O)C[C@@H]1NC(=O)CNC(=O)[C@H](CC(N)=O)NC(=O)[C@H](Cc2ccc(O)cc2)NC(=O)[C@H](CO)NC(=O)CCNC(=O)[C@H](CC(N)=O)NC(=O)[C@H](CO)NC1=O. The average Bonchev–Trinajstić information content (AvgIpc) is 3.13. The first kappa shape index (κ1) is 46.3. The number of aliphatic hydroxyl groups excluding tert-OH is 2. The molecule has 17 N–H and O–H groups in total. The summed E-state index contributed by atoms with van der Waals surface area (Å²) >= 11 is 0. The number of carbonyl (C=O) groups excluding carboxylic acids is 11. The second-order valence-corrected chi connectivity index (χ2v) is 12.5. The van der Waals surface area contributed by atoms with E-state index in [2.05, 4.69) is 37.2 Å². The maximum Gasteiger partial charge on any atom is 0.245 e. The number of benzene rings is 1. The summed E-state index contributed by atoms with van der Waals surface area (Å²) < 4.78 is 0. The van der Waals surface area contributed by atoms with E-state index in [1.165, 1.54) is 24.3 Å². The first-order chi connectivity index (χ1) is 26.8. The molecule has 6 atom stereocenters. The minimum atomic E-state index is -1.86. The molecule has 312 valence electrons. The second-order valence-electron chi connectivity index (χ2n) is 12.5. The smallest absolute Gasteiger partial charge is 0.245 e. The topological polar surface area (TPSA) is 423 Å². The van der Waals surface area contributed by atoms with E-state index in [9.17, 15) is 68.1 Å². The van der Waals surface area contributed by atoms with Gasteiger partial charge < -0.3 is 75.1 Å². The van der Waals surface area contributed by atoms with Crippen molar-refractivity contribution in [3.63, 3.8) is 0 Å². The Labute approximate surface area is 322 Å². The van der Waals surface area contributed by atoms with Gasteiger partial charge in [0.25, 0.3) is 0 Å². The summed E-state index contributed by atoms with van der Waals surface area (Å²) in [5, 5.41) is 46.8. The monoisotopic (exact) mass is 807 g/mol. The Morgan fingerprint density at radius 2 is 0.912 bits per heavy atom. The van der Waals surface area contributed by atoms with Crippen LogP contribution in [0.15, 0.2) is 24.3 Å². The molecule has 1 aliphatic heterocycles. The van der Waals surface area contributed by atoms with Crippen LogP contribution in [0.3, 0.4) is 0 Å². The molecule has 57 heavy (non-hydrogen) atoms. The van der Waals surface area contributed by atoms with Gasteiger partial charge in [0.2, 0.25) is 65.0 Å². The number of phenolic OH excluding ortho intramolecular Hbond substituents is 1. The first-order valence-corrected chi connectivity index (χ1v) is 17.0. The van der Waals surface area contributed by atoms with Gasteiger partial charge in [-0.05, 0) is 17.7 Å². The highest BCUT2D eigenvalue weighted by Crippen LogP contribution is 2.12. The summed E-state index contributed by atoms with van der Waals surface area (Å²) in [6.45, 7) is -3.54. The highest BCUT2D eigenvalue weighted by molar-refractivity contribution is 5.99. The van der Waals surface area contributed by atoms with Gasteiger partial charge >= 0.3 is 0 Å². The summed E-state index contributed by atoms with van der Waals surface area (Å²) in [7, 11) is 0. The summed E-state index contributed by atoms with van der Waals surface area (Å²) in [6.07, 6.45) is -3.35. The molecule has 0 spiro atoms. The third-order valence-electron chi connectivity index (χ3n) is 7.87. The molecule has 0 saturated carbocycles. The van der Waals surface area contributed by atoms with E-state index in [1.807, 2.05) is 5.32 Å². The van der Waals surface area contributed by atoms with Crippen molar-refractivity contribution >= 4 is 65.0 Å². The number of hydrogen-bond acceptors (Lipinski definition) is 14. The van der Waals surface area contributed by atoms with Crippen molar-refractivity contribution in [1.29, 1.82) is 0 Å². The van der Waals surface area contributed by atoms with Crippen molar-refractivity contribution in [2.45, 2.75) is 68.4 Å². The number of aromatic hydroxyl groups is 1. The second kappa shape index (κ2) is 22.5. The highest BCUT2D eigenvalue weighted by atomic mass is 16.3. The lowest BCUT2D eigenvalue weighted by molar-refractivity contribution is -0.136. The molecule has 11 amide bonds. The van der Waals surface area contributed by atoms with Crippen LogP contribution in [-0.2, 0) is 59.2 Å². The molecule has 1 aliphatic rings. The molecule has 1 heterocycles. The average molecular weight is 808 g/mol. The zero-order chi connectivity index (χ0) is 42.8. The molecule has 1 fully saturated rings. The normalized spacial score (nSPS) is 24.0. The van der Waals surface area contributed by atoms with E-state index in [0.29, 0.717) is 5.56 Å². The predicted molar refractivity (Wildman–Crippen MR) is 190 cm³/mol. The zero-order valence-corrected chi connectivity index (χ0v) is 30.2. The number of primary amides is 3. The van der Waals surface area contributed by atoms with Crippen LogP contribution >= 0.6 is 0 Å². The lowest BCUT2D eigenvalue weighted by atomic mass is 10.0. The van der Waals surface area contributed by atoms with Crippen LogP contribution in [0.4, 0.5) is 0 Å². The lowest BCUT2D eigenvalue weighted by Crippen LogP contribution is -2.59. The van der Waals surface area contributed by atoms with Crippen molar-refractivity contribution in [2.24, 2.45) is 17.2 Å². The number of phenols is 1. The Morgan fingerprint density at radius 1 is 0.526 bits per heavy atom. The first-order valence-electron chi connectivity index (χ1n) is 17.0. The van der Waals surface area contributed by atoms with Gasteiger partial charge in [0.15, 0.2) is 0 Å². The number of nitrogens with two attached hydrogens (primary N) is 3. The minimum absolute atomic E-state index is 0.137. The van der Waals surface area contributed by atoms with E-state index in [4.69, 9.17) is 17.2 Å². The zero-order valence-electron chi connectivity index (χ0n) is 30.2.